The Labute approximate surface area is 239 Å². The summed E-state index contributed by atoms with van der Waals surface area (Å²) in [6.07, 6.45) is -0.212. The number of carbonyl (C=O) groups is 2. The lowest BCUT2D eigenvalue weighted by Crippen LogP contribution is -2.23. The molecule has 0 radical (unpaired) electrons. The second-order valence-corrected chi connectivity index (χ2v) is 11.2. The molecule has 1 unspecified atom stereocenters. The van der Waals surface area contributed by atoms with Crippen LogP contribution in [0, 0.1) is 11.6 Å². The number of amides is 1. The van der Waals surface area contributed by atoms with Crippen molar-refractivity contribution >= 4 is 40.7 Å². The van der Waals surface area contributed by atoms with Crippen LogP contribution in [0.25, 0.3) is 21.6 Å². The molecule has 4 aromatic rings. The minimum Gasteiger partial charge on any atom is -0.465 e. The molecule has 5 rings (SSSR count). The highest BCUT2D eigenvalue weighted by molar-refractivity contribution is 7.20. The van der Waals surface area contributed by atoms with E-state index < -0.39 is 29.2 Å². The van der Waals surface area contributed by atoms with E-state index in [2.05, 4.69) is 5.32 Å². The molecule has 0 saturated heterocycles. The van der Waals surface area contributed by atoms with Gasteiger partial charge in [-0.15, -0.1) is 11.3 Å². The van der Waals surface area contributed by atoms with E-state index in [1.54, 1.807) is 13.0 Å². The summed E-state index contributed by atoms with van der Waals surface area (Å²) in [6, 6.07) is 20.3. The normalized spacial score (nSPS) is 14.3. The van der Waals surface area contributed by atoms with Crippen LogP contribution in [0.4, 0.5) is 19.3 Å². The molecule has 1 aromatic heterocycles. The monoisotopic (exact) mass is 581 g/mol. The number of carbonyl (C=O) groups excluding carboxylic acids is 2. The molecule has 1 N–H and O–H groups in total. The van der Waals surface area contributed by atoms with Gasteiger partial charge in [0, 0.05) is 17.2 Å². The summed E-state index contributed by atoms with van der Waals surface area (Å²) >= 11 is 7.66. The van der Waals surface area contributed by atoms with Crippen molar-refractivity contribution in [2.45, 2.75) is 38.2 Å². The smallest absolute Gasteiger partial charge is 0.412 e. The molecule has 1 atom stereocenters. The zero-order valence-corrected chi connectivity index (χ0v) is 23.4. The quantitative estimate of drug-likeness (QED) is 0.211. The van der Waals surface area contributed by atoms with E-state index in [1.165, 1.54) is 24.3 Å². The fraction of sp³-hybridized carbons (Fsp3) is 0.226. The highest BCUT2D eigenvalue weighted by atomic mass is 35.5. The summed E-state index contributed by atoms with van der Waals surface area (Å²) in [5.74, 6) is -1.69. The molecule has 0 spiro atoms. The number of ether oxygens (including phenoxy) is 2. The Kier molecular flexibility index (Phi) is 7.92. The number of anilines is 1. The summed E-state index contributed by atoms with van der Waals surface area (Å²) in [6.45, 7) is 3.66. The van der Waals surface area contributed by atoms with Crippen LogP contribution in [-0.2, 0) is 19.7 Å². The highest BCUT2D eigenvalue weighted by Gasteiger charge is 2.52. The lowest BCUT2D eigenvalue weighted by molar-refractivity contribution is -0.146. The van der Waals surface area contributed by atoms with Crippen LogP contribution in [0.1, 0.15) is 43.9 Å². The van der Waals surface area contributed by atoms with Crippen molar-refractivity contribution in [3.05, 3.63) is 99.9 Å². The van der Waals surface area contributed by atoms with Gasteiger partial charge in [0.1, 0.15) is 17.7 Å². The van der Waals surface area contributed by atoms with Crippen LogP contribution < -0.4 is 5.32 Å². The molecule has 5 nitrogen and oxygen atoms in total. The topological polar surface area (TPSA) is 64.6 Å². The van der Waals surface area contributed by atoms with E-state index in [0.29, 0.717) is 21.5 Å². The Bertz CT molecular complexity index is 1570. The summed E-state index contributed by atoms with van der Waals surface area (Å²) < 4.78 is 38.5. The van der Waals surface area contributed by atoms with E-state index in [1.807, 2.05) is 48.5 Å². The fourth-order valence-corrected chi connectivity index (χ4v) is 5.98. The first-order chi connectivity index (χ1) is 19.2. The SMILES string of the molecule is CCOC(=O)C1(c2ccc(-c3ccccc3-c3sc(Cl)cc3NC(=O)OC(C)c3ccc(F)cc3F)cc2)CC1. The average molecular weight is 582 g/mol. The molecule has 1 saturated carbocycles. The largest absolute Gasteiger partial charge is 0.465 e. The van der Waals surface area contributed by atoms with Gasteiger partial charge in [0.25, 0.3) is 0 Å². The highest BCUT2D eigenvalue weighted by Crippen LogP contribution is 2.50. The number of thiophene rings is 1. The van der Waals surface area contributed by atoms with E-state index >= 15 is 0 Å². The number of esters is 1. The zero-order valence-electron chi connectivity index (χ0n) is 21.8. The third-order valence-electron chi connectivity index (χ3n) is 6.96. The molecule has 40 heavy (non-hydrogen) atoms. The summed E-state index contributed by atoms with van der Waals surface area (Å²) in [7, 11) is 0. The van der Waals surface area contributed by atoms with Gasteiger partial charge < -0.3 is 9.47 Å². The molecule has 1 heterocycles. The lowest BCUT2D eigenvalue weighted by atomic mass is 9.92. The second kappa shape index (κ2) is 11.4. The molecule has 1 amide bonds. The fourth-order valence-electron chi connectivity index (χ4n) is 4.76. The molecule has 0 bridgehead atoms. The van der Waals surface area contributed by atoms with Crippen molar-refractivity contribution in [3.8, 4) is 21.6 Å². The summed E-state index contributed by atoms with van der Waals surface area (Å²) in [5.41, 5.74) is 3.56. The predicted molar refractivity (Wildman–Crippen MR) is 153 cm³/mol. The Balaban J connectivity index is 1.38. The standard InChI is InChI=1S/C31H26ClF2NO4S/c1-3-38-29(36)31(14-15-31)20-10-8-19(9-11-20)23-6-4-5-7-24(23)28-26(17-27(32)40-28)35-30(37)39-18(2)22-13-12-21(33)16-25(22)34/h4-13,16-18H,3,14-15H2,1-2H3,(H,35,37). The van der Waals surface area contributed by atoms with Crippen LogP contribution in [0.2, 0.25) is 4.34 Å². The lowest BCUT2D eigenvalue weighted by Gasteiger charge is -2.16. The number of hydrogen-bond acceptors (Lipinski definition) is 5. The van der Waals surface area contributed by atoms with Gasteiger partial charge in [-0.1, -0.05) is 60.1 Å². The van der Waals surface area contributed by atoms with Crippen molar-refractivity contribution in [1.82, 2.24) is 0 Å². The van der Waals surface area contributed by atoms with Crippen LogP contribution in [-0.4, -0.2) is 18.7 Å². The van der Waals surface area contributed by atoms with Gasteiger partial charge in [0.2, 0.25) is 0 Å². The summed E-state index contributed by atoms with van der Waals surface area (Å²) in [5, 5.41) is 2.72. The van der Waals surface area contributed by atoms with Crippen molar-refractivity contribution in [2.75, 3.05) is 11.9 Å². The molecule has 3 aromatic carbocycles. The van der Waals surface area contributed by atoms with Crippen molar-refractivity contribution in [1.29, 1.82) is 0 Å². The van der Waals surface area contributed by atoms with E-state index in [4.69, 9.17) is 21.1 Å². The third-order valence-corrected chi connectivity index (χ3v) is 8.26. The first kappa shape index (κ1) is 27.8. The van der Waals surface area contributed by atoms with E-state index in [-0.39, 0.29) is 11.5 Å². The molecule has 1 aliphatic carbocycles. The zero-order chi connectivity index (χ0) is 28.4. The first-order valence-corrected chi connectivity index (χ1v) is 14.0. The van der Waals surface area contributed by atoms with Crippen LogP contribution >= 0.6 is 22.9 Å². The van der Waals surface area contributed by atoms with Crippen molar-refractivity contribution in [2.24, 2.45) is 0 Å². The molecular weight excluding hydrogens is 556 g/mol. The number of nitrogens with one attached hydrogen (secondary N) is 1. The van der Waals surface area contributed by atoms with E-state index in [9.17, 15) is 18.4 Å². The third kappa shape index (κ3) is 5.60. The number of rotatable bonds is 8. The number of benzene rings is 3. The van der Waals surface area contributed by atoms with Gasteiger partial charge in [-0.05, 0) is 61.6 Å². The average Bonchev–Trinajstić information content (AvgIpc) is 3.66. The van der Waals surface area contributed by atoms with Gasteiger partial charge in [-0.25, -0.2) is 13.6 Å². The molecule has 1 fully saturated rings. The van der Waals surface area contributed by atoms with Crippen molar-refractivity contribution < 1.29 is 27.8 Å². The Morgan fingerprint density at radius 1 is 1.02 bits per heavy atom. The molecule has 1 aliphatic rings. The molecular formula is C31H26ClF2NO4S. The maximum Gasteiger partial charge on any atom is 0.412 e. The molecule has 9 heteroatoms. The maximum atomic E-state index is 14.1. The van der Waals surface area contributed by atoms with Gasteiger partial charge in [0.15, 0.2) is 0 Å². The van der Waals surface area contributed by atoms with Gasteiger partial charge in [-0.2, -0.15) is 0 Å². The predicted octanol–water partition coefficient (Wildman–Crippen LogP) is 8.92. The minimum absolute atomic E-state index is 0.0600. The Morgan fingerprint density at radius 2 is 1.73 bits per heavy atom. The van der Waals surface area contributed by atoms with Crippen LogP contribution in [0.15, 0.2) is 72.8 Å². The van der Waals surface area contributed by atoms with Gasteiger partial charge >= 0.3 is 12.1 Å². The van der Waals surface area contributed by atoms with Crippen LogP contribution in [0.5, 0.6) is 0 Å². The molecule has 0 aliphatic heterocycles. The summed E-state index contributed by atoms with van der Waals surface area (Å²) in [4.78, 5) is 26.0. The minimum atomic E-state index is -0.951. The maximum absolute atomic E-state index is 14.1. The number of halogens is 3. The van der Waals surface area contributed by atoms with Gasteiger partial charge in [-0.3, -0.25) is 10.1 Å². The number of hydrogen-bond donors (Lipinski definition) is 1. The van der Waals surface area contributed by atoms with Gasteiger partial charge in [0.05, 0.1) is 26.9 Å². The van der Waals surface area contributed by atoms with E-state index in [0.717, 1.165) is 47.2 Å². The first-order valence-electron chi connectivity index (χ1n) is 12.8. The van der Waals surface area contributed by atoms with Crippen LogP contribution in [0.3, 0.4) is 0 Å². The second-order valence-electron chi connectivity index (χ2n) is 9.56. The molecule has 206 valence electrons. The Hall–Kier alpha value is -3.75. The Morgan fingerprint density at radius 3 is 2.38 bits per heavy atom. The van der Waals surface area contributed by atoms with Crippen molar-refractivity contribution in [3.63, 3.8) is 0 Å².